The molecule has 0 atom stereocenters. The third kappa shape index (κ3) is 6.04. The average Bonchev–Trinajstić information content (AvgIpc) is 1.59. The van der Waals surface area contributed by atoms with Crippen LogP contribution in [-0.2, 0) is 0 Å². The van der Waals surface area contributed by atoms with E-state index < -0.39 is 8.07 Å². The molecule has 0 saturated heterocycles. The van der Waals surface area contributed by atoms with Crippen molar-refractivity contribution in [1.29, 1.82) is 0 Å². The summed E-state index contributed by atoms with van der Waals surface area (Å²) in [6.45, 7) is 9.27. The lowest BCUT2D eigenvalue weighted by Gasteiger charge is -2.10. The van der Waals surface area contributed by atoms with E-state index in [9.17, 15) is 0 Å². The Balaban J connectivity index is 3.90. The van der Waals surface area contributed by atoms with Gasteiger partial charge < -0.3 is 5.11 Å². The first kappa shape index (κ1) is 9.92. The summed E-state index contributed by atoms with van der Waals surface area (Å²) in [5.41, 5.74) is 3.67. The van der Waals surface area contributed by atoms with Crippen LogP contribution in [0.1, 0.15) is 13.3 Å². The molecule has 0 unspecified atom stereocenters. The molecule has 0 radical (unpaired) electrons. The molecule has 0 fully saturated rings. The lowest BCUT2D eigenvalue weighted by atomic mass is 10.3. The summed E-state index contributed by atoms with van der Waals surface area (Å²) < 4.78 is 0. The van der Waals surface area contributed by atoms with Gasteiger partial charge in [-0.2, -0.15) is 0 Å². The molecule has 60 valence electrons. The van der Waals surface area contributed by atoms with Crippen LogP contribution >= 0.6 is 0 Å². The number of rotatable bonds is 3. The fourth-order valence-electron chi connectivity index (χ4n) is 0.988. The molecule has 1 N–H and O–H groups in total. The largest absolute Gasteiger partial charge is 0.396 e. The number of hydrogen-bond acceptors (Lipinski definition) is 1. The van der Waals surface area contributed by atoms with E-state index in [1.807, 2.05) is 0 Å². The van der Waals surface area contributed by atoms with Gasteiger partial charge in [0.1, 0.15) is 0 Å². The topological polar surface area (TPSA) is 20.2 Å². The van der Waals surface area contributed by atoms with Crippen molar-refractivity contribution in [3.8, 4) is 0 Å². The number of aliphatic hydroxyl groups excluding tert-OH is 1. The Bertz CT molecular complexity index is 122. The molecular weight excluding hydrogens is 140 g/mol. The van der Waals surface area contributed by atoms with Crippen molar-refractivity contribution >= 4 is 8.07 Å². The van der Waals surface area contributed by atoms with Crippen molar-refractivity contribution in [2.24, 2.45) is 0 Å². The van der Waals surface area contributed by atoms with Gasteiger partial charge in [-0.25, -0.2) is 0 Å². The van der Waals surface area contributed by atoms with Crippen molar-refractivity contribution in [3.63, 3.8) is 0 Å². The van der Waals surface area contributed by atoms with Crippen molar-refractivity contribution in [1.82, 2.24) is 0 Å². The SMILES string of the molecule is C/C(=C/[Si](C)(C)C)CCO. The Kier molecular flexibility index (Phi) is 3.90. The normalized spacial score (nSPS) is 13.9. The smallest absolute Gasteiger partial charge is 0.0686 e. The molecule has 0 saturated carbocycles. The molecule has 2 heteroatoms. The summed E-state index contributed by atoms with van der Waals surface area (Å²) in [6, 6.07) is 0. The van der Waals surface area contributed by atoms with Crippen LogP contribution in [-0.4, -0.2) is 19.8 Å². The molecule has 0 heterocycles. The molecule has 0 bridgehead atoms. The minimum atomic E-state index is -1.03. The van der Waals surface area contributed by atoms with Crippen LogP contribution < -0.4 is 0 Å². The highest BCUT2D eigenvalue weighted by atomic mass is 28.3. The third-order valence-corrected chi connectivity index (χ3v) is 2.54. The molecular formula is C8H18OSi. The minimum Gasteiger partial charge on any atom is -0.396 e. The highest BCUT2D eigenvalue weighted by molar-refractivity contribution is 6.81. The van der Waals surface area contributed by atoms with E-state index in [-0.39, 0.29) is 6.61 Å². The standard InChI is InChI=1S/C8H18OSi/c1-8(5-6-9)7-10(2,3)4/h7,9H,5-6H2,1-4H3/b8-7-. The van der Waals surface area contributed by atoms with E-state index in [4.69, 9.17) is 5.11 Å². The molecule has 0 spiro atoms. The first-order valence-corrected chi connectivity index (χ1v) is 7.32. The van der Waals surface area contributed by atoms with Crippen LogP contribution in [0.3, 0.4) is 0 Å². The van der Waals surface area contributed by atoms with Gasteiger partial charge in [-0.1, -0.05) is 30.9 Å². The van der Waals surface area contributed by atoms with Gasteiger partial charge in [0.2, 0.25) is 0 Å². The Hall–Kier alpha value is -0.0831. The monoisotopic (exact) mass is 158 g/mol. The van der Waals surface area contributed by atoms with Crippen LogP contribution in [0.5, 0.6) is 0 Å². The molecule has 0 amide bonds. The number of aliphatic hydroxyl groups is 1. The first-order valence-electron chi connectivity index (χ1n) is 3.75. The Labute approximate surface area is 64.8 Å². The van der Waals surface area contributed by atoms with Crippen LogP contribution in [0.15, 0.2) is 11.3 Å². The maximum atomic E-state index is 8.61. The Morgan fingerprint density at radius 1 is 1.40 bits per heavy atom. The second-order valence-corrected chi connectivity index (χ2v) is 8.85. The summed E-state index contributed by atoms with van der Waals surface area (Å²) in [7, 11) is -1.03. The van der Waals surface area contributed by atoms with Gasteiger partial charge >= 0.3 is 0 Å². The first-order chi connectivity index (χ1) is 4.45. The summed E-state index contributed by atoms with van der Waals surface area (Å²) in [5, 5.41) is 8.61. The molecule has 1 nitrogen and oxygen atoms in total. The van der Waals surface area contributed by atoms with E-state index >= 15 is 0 Å². The predicted molar refractivity (Wildman–Crippen MR) is 48.8 cm³/mol. The maximum absolute atomic E-state index is 8.61. The fourth-order valence-corrected chi connectivity index (χ4v) is 2.61. The van der Waals surface area contributed by atoms with Crippen molar-refractivity contribution < 1.29 is 5.11 Å². The second-order valence-electron chi connectivity index (χ2n) is 3.83. The lowest BCUT2D eigenvalue weighted by molar-refractivity contribution is 0.299. The van der Waals surface area contributed by atoms with Gasteiger partial charge in [-0.05, 0) is 13.3 Å². The van der Waals surface area contributed by atoms with Crippen LogP contribution in [0.4, 0.5) is 0 Å². The minimum absolute atomic E-state index is 0.285. The van der Waals surface area contributed by atoms with E-state index in [0.717, 1.165) is 6.42 Å². The molecule has 0 aliphatic rings. The van der Waals surface area contributed by atoms with Gasteiger partial charge in [0, 0.05) is 6.61 Å². The lowest BCUT2D eigenvalue weighted by Crippen LogP contribution is -2.16. The molecule has 0 aliphatic carbocycles. The van der Waals surface area contributed by atoms with Gasteiger partial charge in [0.05, 0.1) is 8.07 Å². The van der Waals surface area contributed by atoms with E-state index in [1.54, 1.807) is 0 Å². The van der Waals surface area contributed by atoms with Crippen LogP contribution in [0, 0.1) is 0 Å². The molecule has 10 heavy (non-hydrogen) atoms. The predicted octanol–water partition coefficient (Wildman–Crippen LogP) is 2.19. The zero-order valence-corrected chi connectivity index (χ0v) is 8.44. The highest BCUT2D eigenvalue weighted by Crippen LogP contribution is 2.08. The summed E-state index contributed by atoms with van der Waals surface area (Å²) in [6.07, 6.45) is 0.838. The zero-order chi connectivity index (χ0) is 8.20. The van der Waals surface area contributed by atoms with E-state index in [2.05, 4.69) is 32.3 Å². The van der Waals surface area contributed by atoms with E-state index in [0.29, 0.717) is 0 Å². The molecule has 0 aromatic rings. The second kappa shape index (κ2) is 3.94. The van der Waals surface area contributed by atoms with Crippen molar-refractivity contribution in [3.05, 3.63) is 11.3 Å². The summed E-state index contributed by atoms with van der Waals surface area (Å²) >= 11 is 0. The molecule has 0 aromatic heterocycles. The van der Waals surface area contributed by atoms with E-state index in [1.165, 1.54) is 5.57 Å². The van der Waals surface area contributed by atoms with Crippen LogP contribution in [0.2, 0.25) is 19.6 Å². The molecule has 0 rings (SSSR count). The van der Waals surface area contributed by atoms with Gasteiger partial charge in [0.25, 0.3) is 0 Å². The summed E-state index contributed by atoms with van der Waals surface area (Å²) in [5.74, 6) is 0. The summed E-state index contributed by atoms with van der Waals surface area (Å²) in [4.78, 5) is 0. The van der Waals surface area contributed by atoms with Crippen LogP contribution in [0.25, 0.3) is 0 Å². The van der Waals surface area contributed by atoms with Gasteiger partial charge in [-0.15, -0.1) is 0 Å². The molecule has 0 aliphatic heterocycles. The maximum Gasteiger partial charge on any atom is 0.0686 e. The Morgan fingerprint density at radius 2 is 1.90 bits per heavy atom. The third-order valence-electron chi connectivity index (χ3n) is 1.19. The van der Waals surface area contributed by atoms with Gasteiger partial charge in [-0.3, -0.25) is 0 Å². The van der Waals surface area contributed by atoms with Crippen molar-refractivity contribution in [2.75, 3.05) is 6.61 Å². The fraction of sp³-hybridized carbons (Fsp3) is 0.750. The quantitative estimate of drug-likeness (QED) is 0.624. The zero-order valence-electron chi connectivity index (χ0n) is 7.44. The average molecular weight is 158 g/mol. The highest BCUT2D eigenvalue weighted by Gasteiger charge is 2.08. The molecule has 0 aromatic carbocycles. The van der Waals surface area contributed by atoms with Crippen molar-refractivity contribution in [2.45, 2.75) is 33.0 Å². The van der Waals surface area contributed by atoms with Gasteiger partial charge in [0.15, 0.2) is 0 Å². The Morgan fingerprint density at radius 3 is 2.20 bits per heavy atom. The number of hydrogen-bond donors (Lipinski definition) is 1.